The second-order valence-corrected chi connectivity index (χ2v) is 4.72. The van der Waals surface area contributed by atoms with Crippen molar-refractivity contribution >= 4 is 29.1 Å². The minimum Gasteiger partial charge on any atom is -0.495 e. The lowest BCUT2D eigenvalue weighted by atomic mass is 10.3. The first-order chi connectivity index (χ1) is 10.2. The Kier molecular flexibility index (Phi) is 5.16. The highest BCUT2D eigenvalue weighted by atomic mass is 35.5. The van der Waals surface area contributed by atoms with Gasteiger partial charge in [-0.15, -0.1) is 5.10 Å². The maximum atomic E-state index is 6.01. The maximum Gasteiger partial charge on any atom is 0.249 e. The number of nitrogens with zero attached hydrogens (tertiary/aromatic N) is 4. The van der Waals surface area contributed by atoms with Gasteiger partial charge in [0.25, 0.3) is 0 Å². The summed E-state index contributed by atoms with van der Waals surface area (Å²) in [6.07, 6.45) is 1.65. The summed E-state index contributed by atoms with van der Waals surface area (Å²) in [4.78, 5) is 6.55. The van der Waals surface area contributed by atoms with Gasteiger partial charge in [-0.05, 0) is 32.0 Å². The van der Waals surface area contributed by atoms with Crippen LogP contribution in [-0.2, 0) is 0 Å². The molecule has 2 aromatic rings. The molecule has 0 fully saturated rings. The fourth-order valence-corrected chi connectivity index (χ4v) is 2.12. The Morgan fingerprint density at radius 3 is 2.71 bits per heavy atom. The molecule has 0 saturated heterocycles. The number of aromatic nitrogens is 3. The Morgan fingerprint density at radius 1 is 1.29 bits per heavy atom. The van der Waals surface area contributed by atoms with E-state index >= 15 is 0 Å². The zero-order chi connectivity index (χ0) is 15.2. The van der Waals surface area contributed by atoms with Gasteiger partial charge in [-0.3, -0.25) is 0 Å². The van der Waals surface area contributed by atoms with Crippen LogP contribution in [0.3, 0.4) is 0 Å². The number of rotatable bonds is 6. The molecule has 112 valence electrons. The van der Waals surface area contributed by atoms with Gasteiger partial charge in [-0.1, -0.05) is 11.6 Å². The number of ether oxygens (including phenoxy) is 1. The van der Waals surface area contributed by atoms with E-state index in [-0.39, 0.29) is 0 Å². The monoisotopic (exact) mass is 307 g/mol. The molecule has 0 saturated carbocycles. The van der Waals surface area contributed by atoms with Crippen molar-refractivity contribution in [3.63, 3.8) is 0 Å². The maximum absolute atomic E-state index is 6.01. The fourth-order valence-electron chi connectivity index (χ4n) is 1.95. The van der Waals surface area contributed by atoms with E-state index in [4.69, 9.17) is 16.3 Å². The van der Waals surface area contributed by atoms with Gasteiger partial charge in [0.05, 0.1) is 19.0 Å². The molecule has 7 heteroatoms. The Labute approximate surface area is 129 Å². The van der Waals surface area contributed by atoms with Gasteiger partial charge in [0, 0.05) is 18.1 Å². The van der Waals surface area contributed by atoms with Gasteiger partial charge in [0.2, 0.25) is 5.95 Å². The smallest absolute Gasteiger partial charge is 0.249 e. The summed E-state index contributed by atoms with van der Waals surface area (Å²) in [5, 5.41) is 11.7. The van der Waals surface area contributed by atoms with Crippen molar-refractivity contribution in [1.29, 1.82) is 0 Å². The quantitative estimate of drug-likeness (QED) is 0.884. The Bertz CT molecular complexity index is 604. The van der Waals surface area contributed by atoms with Gasteiger partial charge < -0.3 is 15.0 Å². The topological polar surface area (TPSA) is 63.2 Å². The first-order valence-electron chi connectivity index (χ1n) is 6.73. The zero-order valence-corrected chi connectivity index (χ0v) is 13.1. The molecule has 0 aliphatic carbocycles. The highest BCUT2D eigenvalue weighted by molar-refractivity contribution is 6.30. The number of methoxy groups -OCH3 is 1. The first-order valence-corrected chi connectivity index (χ1v) is 7.11. The van der Waals surface area contributed by atoms with Crippen molar-refractivity contribution in [3.05, 3.63) is 29.4 Å². The van der Waals surface area contributed by atoms with Crippen LogP contribution in [0.25, 0.3) is 0 Å². The lowest BCUT2D eigenvalue weighted by molar-refractivity contribution is 0.417. The van der Waals surface area contributed by atoms with E-state index in [1.54, 1.807) is 31.5 Å². The van der Waals surface area contributed by atoms with Crippen molar-refractivity contribution in [2.45, 2.75) is 13.8 Å². The molecule has 0 amide bonds. The zero-order valence-electron chi connectivity index (χ0n) is 12.3. The first kappa shape index (κ1) is 15.3. The van der Waals surface area contributed by atoms with Crippen LogP contribution in [0.15, 0.2) is 24.4 Å². The molecule has 1 N–H and O–H groups in total. The average molecular weight is 308 g/mol. The van der Waals surface area contributed by atoms with E-state index in [1.165, 1.54) is 0 Å². The minimum absolute atomic E-state index is 0.403. The lowest BCUT2D eigenvalue weighted by Gasteiger charge is -2.19. The standard InChI is InChI=1S/C14H18ClN5O/c1-4-20(5-2)13-9-16-19-14(18-13)17-11-8-10(15)6-7-12(11)21-3/h6-9H,4-5H2,1-3H3,(H,17,18,19). The lowest BCUT2D eigenvalue weighted by Crippen LogP contribution is -2.23. The van der Waals surface area contributed by atoms with Crippen LogP contribution < -0.4 is 15.0 Å². The number of anilines is 3. The van der Waals surface area contributed by atoms with Crippen LogP contribution in [0, 0.1) is 0 Å². The summed E-state index contributed by atoms with van der Waals surface area (Å²) < 4.78 is 5.29. The molecule has 0 bridgehead atoms. The predicted octanol–water partition coefficient (Wildman–Crippen LogP) is 3.12. The summed E-state index contributed by atoms with van der Waals surface area (Å²) >= 11 is 6.01. The van der Waals surface area contributed by atoms with E-state index in [1.807, 2.05) is 0 Å². The molecular weight excluding hydrogens is 290 g/mol. The predicted molar refractivity (Wildman–Crippen MR) is 84.7 cm³/mol. The Hall–Kier alpha value is -2.08. The molecule has 2 rings (SSSR count). The van der Waals surface area contributed by atoms with E-state index in [0.29, 0.717) is 22.4 Å². The molecular formula is C14H18ClN5O. The summed E-state index contributed by atoms with van der Waals surface area (Å²) in [6, 6.07) is 5.30. The third-order valence-electron chi connectivity index (χ3n) is 3.04. The average Bonchev–Trinajstić information content (AvgIpc) is 2.49. The molecule has 0 radical (unpaired) electrons. The van der Waals surface area contributed by atoms with E-state index in [9.17, 15) is 0 Å². The summed E-state index contributed by atoms with van der Waals surface area (Å²) in [7, 11) is 1.60. The van der Waals surface area contributed by atoms with Crippen LogP contribution >= 0.6 is 11.6 Å². The van der Waals surface area contributed by atoms with Crippen molar-refractivity contribution in [2.24, 2.45) is 0 Å². The largest absolute Gasteiger partial charge is 0.495 e. The number of nitrogens with one attached hydrogen (secondary N) is 1. The normalized spacial score (nSPS) is 10.3. The van der Waals surface area contributed by atoms with Crippen molar-refractivity contribution in [1.82, 2.24) is 15.2 Å². The molecule has 0 aliphatic heterocycles. The minimum atomic E-state index is 0.403. The molecule has 21 heavy (non-hydrogen) atoms. The van der Waals surface area contributed by atoms with Gasteiger partial charge in [0.1, 0.15) is 5.75 Å². The van der Waals surface area contributed by atoms with Gasteiger partial charge in [-0.2, -0.15) is 10.1 Å². The molecule has 1 heterocycles. The number of hydrogen-bond donors (Lipinski definition) is 1. The molecule has 0 atom stereocenters. The van der Waals surface area contributed by atoms with E-state index < -0.39 is 0 Å². The van der Waals surface area contributed by atoms with Crippen LogP contribution in [0.5, 0.6) is 5.75 Å². The third kappa shape index (κ3) is 3.72. The second kappa shape index (κ2) is 7.08. The highest BCUT2D eigenvalue weighted by Gasteiger charge is 2.09. The summed E-state index contributed by atoms with van der Waals surface area (Å²) in [5.74, 6) is 1.84. The molecule has 0 unspecified atom stereocenters. The van der Waals surface area contributed by atoms with Crippen molar-refractivity contribution in [2.75, 3.05) is 30.4 Å². The second-order valence-electron chi connectivity index (χ2n) is 4.28. The van der Waals surface area contributed by atoms with Crippen LogP contribution in [-0.4, -0.2) is 35.4 Å². The Morgan fingerprint density at radius 2 is 2.05 bits per heavy atom. The summed E-state index contributed by atoms with van der Waals surface area (Å²) in [6.45, 7) is 5.85. The van der Waals surface area contributed by atoms with Crippen molar-refractivity contribution in [3.8, 4) is 5.75 Å². The van der Waals surface area contributed by atoms with E-state index in [2.05, 4.69) is 39.2 Å². The van der Waals surface area contributed by atoms with Crippen LogP contribution in [0.1, 0.15) is 13.8 Å². The van der Waals surface area contributed by atoms with Gasteiger partial charge in [-0.25, -0.2) is 0 Å². The molecule has 6 nitrogen and oxygen atoms in total. The van der Waals surface area contributed by atoms with Gasteiger partial charge >= 0.3 is 0 Å². The van der Waals surface area contributed by atoms with Crippen molar-refractivity contribution < 1.29 is 4.74 Å². The summed E-state index contributed by atoms with van der Waals surface area (Å²) in [5.41, 5.74) is 0.698. The Balaban J connectivity index is 2.28. The number of halogens is 1. The van der Waals surface area contributed by atoms with E-state index in [0.717, 1.165) is 18.9 Å². The SMILES string of the molecule is CCN(CC)c1cnnc(Nc2cc(Cl)ccc2OC)n1. The fraction of sp³-hybridized carbons (Fsp3) is 0.357. The molecule has 1 aromatic heterocycles. The molecule has 0 aliphatic rings. The number of benzene rings is 1. The molecule has 1 aromatic carbocycles. The molecule has 0 spiro atoms. The highest BCUT2D eigenvalue weighted by Crippen LogP contribution is 2.29. The van der Waals surface area contributed by atoms with Gasteiger partial charge in [0.15, 0.2) is 5.82 Å². The third-order valence-corrected chi connectivity index (χ3v) is 3.28. The van der Waals surface area contributed by atoms with Crippen LogP contribution in [0.2, 0.25) is 5.02 Å². The number of hydrogen-bond acceptors (Lipinski definition) is 6. The van der Waals surface area contributed by atoms with Crippen LogP contribution in [0.4, 0.5) is 17.5 Å².